The zero-order valence-corrected chi connectivity index (χ0v) is 10.7. The van der Waals surface area contributed by atoms with Crippen LogP contribution in [0.25, 0.3) is 0 Å². The lowest BCUT2D eigenvalue weighted by Crippen LogP contribution is -2.33. The van der Waals surface area contributed by atoms with Gasteiger partial charge >= 0.3 is 0 Å². The number of anilines is 1. The summed E-state index contributed by atoms with van der Waals surface area (Å²) < 4.78 is 5.02. The standard InChI is InChI=1S/C11H19N5O2/c1-13-11(17)9-3-4-10(15-14-9)16(6-5-12)7-8-18-2/h3-4H,5-8,12H2,1-2H3,(H,13,17). The van der Waals surface area contributed by atoms with Gasteiger partial charge in [0, 0.05) is 33.8 Å². The Kier molecular flexibility index (Phi) is 6.03. The van der Waals surface area contributed by atoms with Crippen LogP contribution in [0.3, 0.4) is 0 Å². The molecular formula is C11H19N5O2. The summed E-state index contributed by atoms with van der Waals surface area (Å²) in [6.45, 7) is 2.44. The molecule has 7 heteroatoms. The summed E-state index contributed by atoms with van der Waals surface area (Å²) in [5.74, 6) is 0.432. The van der Waals surface area contributed by atoms with Crippen LogP contribution in [0.4, 0.5) is 5.82 Å². The highest BCUT2D eigenvalue weighted by atomic mass is 16.5. The first-order chi connectivity index (χ1) is 8.72. The van der Waals surface area contributed by atoms with Crippen molar-refractivity contribution in [2.45, 2.75) is 0 Å². The number of nitrogens with zero attached hydrogens (tertiary/aromatic N) is 3. The van der Waals surface area contributed by atoms with E-state index in [0.29, 0.717) is 37.8 Å². The number of carbonyl (C=O) groups excluding carboxylic acids is 1. The lowest BCUT2D eigenvalue weighted by atomic mass is 10.3. The fraction of sp³-hybridized carbons (Fsp3) is 0.545. The summed E-state index contributed by atoms with van der Waals surface area (Å²) in [5.41, 5.74) is 5.84. The van der Waals surface area contributed by atoms with E-state index in [0.717, 1.165) is 0 Å². The first-order valence-corrected chi connectivity index (χ1v) is 5.72. The third-order valence-corrected chi connectivity index (χ3v) is 2.40. The number of aromatic nitrogens is 2. The van der Waals surface area contributed by atoms with Crippen molar-refractivity contribution >= 4 is 11.7 Å². The Balaban J connectivity index is 2.76. The molecule has 0 bridgehead atoms. The van der Waals surface area contributed by atoms with Gasteiger partial charge in [0.05, 0.1) is 6.61 Å². The van der Waals surface area contributed by atoms with Gasteiger partial charge in [0.25, 0.3) is 5.91 Å². The van der Waals surface area contributed by atoms with Crippen molar-refractivity contribution in [1.29, 1.82) is 0 Å². The second-order valence-corrected chi connectivity index (χ2v) is 3.62. The Morgan fingerprint density at radius 3 is 2.72 bits per heavy atom. The molecule has 1 amide bonds. The van der Waals surface area contributed by atoms with Crippen LogP contribution in [0.2, 0.25) is 0 Å². The number of nitrogens with two attached hydrogens (primary N) is 1. The van der Waals surface area contributed by atoms with E-state index in [1.807, 2.05) is 4.90 Å². The van der Waals surface area contributed by atoms with Crippen LogP contribution in [0.1, 0.15) is 10.5 Å². The maximum absolute atomic E-state index is 11.3. The highest BCUT2D eigenvalue weighted by Gasteiger charge is 2.10. The van der Waals surface area contributed by atoms with Crippen LogP contribution in [-0.2, 0) is 4.74 Å². The predicted octanol–water partition coefficient (Wildman–Crippen LogP) is -0.752. The van der Waals surface area contributed by atoms with Gasteiger partial charge in [-0.25, -0.2) is 0 Å². The molecule has 0 unspecified atom stereocenters. The second-order valence-electron chi connectivity index (χ2n) is 3.62. The van der Waals surface area contributed by atoms with Crippen molar-refractivity contribution in [3.05, 3.63) is 17.8 Å². The van der Waals surface area contributed by atoms with Gasteiger partial charge in [-0.15, -0.1) is 10.2 Å². The summed E-state index contributed by atoms with van der Waals surface area (Å²) in [4.78, 5) is 13.3. The number of rotatable bonds is 7. The van der Waals surface area contributed by atoms with E-state index in [1.165, 1.54) is 0 Å². The molecule has 1 aromatic rings. The van der Waals surface area contributed by atoms with Crippen molar-refractivity contribution in [2.75, 3.05) is 45.3 Å². The van der Waals surface area contributed by atoms with Gasteiger partial charge in [-0.2, -0.15) is 0 Å². The molecule has 0 saturated carbocycles. The Bertz CT molecular complexity index is 368. The Labute approximate surface area is 106 Å². The van der Waals surface area contributed by atoms with Gasteiger partial charge in [-0.05, 0) is 12.1 Å². The number of hydrogen-bond acceptors (Lipinski definition) is 6. The third kappa shape index (κ3) is 3.94. The molecule has 0 fully saturated rings. The molecule has 0 atom stereocenters. The minimum Gasteiger partial charge on any atom is -0.383 e. The molecule has 0 aliphatic heterocycles. The molecule has 1 heterocycles. The molecule has 7 nitrogen and oxygen atoms in total. The van der Waals surface area contributed by atoms with Crippen molar-refractivity contribution in [3.8, 4) is 0 Å². The zero-order valence-electron chi connectivity index (χ0n) is 10.7. The van der Waals surface area contributed by atoms with Gasteiger partial charge < -0.3 is 20.7 Å². The first-order valence-electron chi connectivity index (χ1n) is 5.72. The van der Waals surface area contributed by atoms with Crippen LogP contribution in [0.15, 0.2) is 12.1 Å². The molecule has 18 heavy (non-hydrogen) atoms. The molecule has 3 N–H and O–H groups in total. The minimum atomic E-state index is -0.253. The summed E-state index contributed by atoms with van der Waals surface area (Å²) in [6.07, 6.45) is 0. The predicted molar refractivity (Wildman–Crippen MR) is 68.6 cm³/mol. The number of amides is 1. The molecule has 0 spiro atoms. The van der Waals surface area contributed by atoms with E-state index in [9.17, 15) is 4.79 Å². The molecule has 0 aliphatic carbocycles. The number of methoxy groups -OCH3 is 1. The largest absolute Gasteiger partial charge is 0.383 e. The van der Waals surface area contributed by atoms with E-state index < -0.39 is 0 Å². The van der Waals surface area contributed by atoms with Gasteiger partial charge in [0.2, 0.25) is 0 Å². The van der Waals surface area contributed by atoms with Crippen molar-refractivity contribution < 1.29 is 9.53 Å². The number of ether oxygens (including phenoxy) is 1. The summed E-state index contributed by atoms with van der Waals surface area (Å²) >= 11 is 0. The van der Waals surface area contributed by atoms with Crippen LogP contribution >= 0.6 is 0 Å². The zero-order chi connectivity index (χ0) is 13.4. The molecular weight excluding hydrogens is 234 g/mol. The first kappa shape index (κ1) is 14.3. The minimum absolute atomic E-state index is 0.253. The van der Waals surface area contributed by atoms with E-state index in [1.54, 1.807) is 26.3 Å². The average molecular weight is 253 g/mol. The lowest BCUT2D eigenvalue weighted by molar-refractivity contribution is 0.0957. The second kappa shape index (κ2) is 7.57. The van der Waals surface area contributed by atoms with Gasteiger partial charge in [0.15, 0.2) is 11.5 Å². The van der Waals surface area contributed by atoms with E-state index in [-0.39, 0.29) is 5.91 Å². The summed E-state index contributed by atoms with van der Waals surface area (Å²) in [7, 11) is 3.19. The molecule has 1 aromatic heterocycles. The fourth-order valence-corrected chi connectivity index (χ4v) is 1.44. The van der Waals surface area contributed by atoms with Crippen molar-refractivity contribution in [3.63, 3.8) is 0 Å². The Morgan fingerprint density at radius 2 is 2.22 bits per heavy atom. The van der Waals surface area contributed by atoms with Crippen molar-refractivity contribution in [2.24, 2.45) is 5.73 Å². The molecule has 0 saturated heterocycles. The van der Waals surface area contributed by atoms with Crippen LogP contribution in [0.5, 0.6) is 0 Å². The summed E-state index contributed by atoms with van der Waals surface area (Å²) in [5, 5.41) is 10.4. The van der Waals surface area contributed by atoms with Crippen LogP contribution in [0, 0.1) is 0 Å². The quantitative estimate of drug-likeness (QED) is 0.664. The lowest BCUT2D eigenvalue weighted by Gasteiger charge is -2.21. The molecule has 0 radical (unpaired) electrons. The fourth-order valence-electron chi connectivity index (χ4n) is 1.44. The average Bonchev–Trinajstić information content (AvgIpc) is 2.43. The third-order valence-electron chi connectivity index (χ3n) is 2.40. The van der Waals surface area contributed by atoms with E-state index >= 15 is 0 Å². The highest BCUT2D eigenvalue weighted by Crippen LogP contribution is 2.08. The van der Waals surface area contributed by atoms with E-state index in [4.69, 9.17) is 10.5 Å². The summed E-state index contributed by atoms with van der Waals surface area (Å²) in [6, 6.07) is 3.39. The molecule has 1 rings (SSSR count). The monoisotopic (exact) mass is 253 g/mol. The molecule has 0 aromatic carbocycles. The SMILES string of the molecule is CNC(=O)c1ccc(N(CCN)CCOC)nn1. The number of nitrogens with one attached hydrogen (secondary N) is 1. The molecule has 0 aliphatic rings. The van der Waals surface area contributed by atoms with Crippen LogP contribution in [-0.4, -0.2) is 56.5 Å². The number of hydrogen-bond donors (Lipinski definition) is 2. The van der Waals surface area contributed by atoms with Gasteiger partial charge in [-0.3, -0.25) is 4.79 Å². The number of carbonyl (C=O) groups is 1. The highest BCUT2D eigenvalue weighted by molar-refractivity contribution is 5.91. The molecule has 100 valence electrons. The van der Waals surface area contributed by atoms with Gasteiger partial charge in [-0.1, -0.05) is 0 Å². The Morgan fingerprint density at radius 1 is 1.44 bits per heavy atom. The van der Waals surface area contributed by atoms with Gasteiger partial charge in [0.1, 0.15) is 0 Å². The topological polar surface area (TPSA) is 93.4 Å². The smallest absolute Gasteiger partial charge is 0.271 e. The Hall–Kier alpha value is -1.73. The normalized spacial score (nSPS) is 10.2. The van der Waals surface area contributed by atoms with Crippen molar-refractivity contribution in [1.82, 2.24) is 15.5 Å². The van der Waals surface area contributed by atoms with Crippen LogP contribution < -0.4 is 16.0 Å². The maximum Gasteiger partial charge on any atom is 0.271 e. The maximum atomic E-state index is 11.3. The van der Waals surface area contributed by atoms with E-state index in [2.05, 4.69) is 15.5 Å².